The average molecular weight is 225 g/mol. The minimum Gasteiger partial charge on any atom is -0.344 e. The molecule has 0 aliphatic carbocycles. The van der Waals surface area contributed by atoms with Gasteiger partial charge < -0.3 is 10.6 Å². The van der Waals surface area contributed by atoms with Crippen LogP contribution in [0.3, 0.4) is 0 Å². The highest BCUT2D eigenvalue weighted by Gasteiger charge is 2.33. The Kier molecular flexibility index (Phi) is 3.19. The van der Waals surface area contributed by atoms with Crippen LogP contribution in [0.15, 0.2) is 0 Å². The highest BCUT2D eigenvalue weighted by Crippen LogP contribution is 2.12. The number of carbonyl (C=O) groups excluding carboxylic acids is 3. The van der Waals surface area contributed by atoms with Crippen molar-refractivity contribution in [2.75, 3.05) is 13.1 Å². The molecule has 0 spiro atoms. The van der Waals surface area contributed by atoms with Crippen LogP contribution in [0.4, 0.5) is 0 Å². The van der Waals surface area contributed by atoms with E-state index in [1.165, 1.54) is 0 Å². The van der Waals surface area contributed by atoms with Gasteiger partial charge in [0.15, 0.2) is 0 Å². The Labute approximate surface area is 93.1 Å². The standard InChI is InChI=1S/C10H15N3O3/c14-8-5-7(10(16)13-8)12-9(15)6-1-3-11-4-2-6/h6-7,11H,1-5H2,(H,12,15)(H,13,14,16). The number of imide groups is 1. The summed E-state index contributed by atoms with van der Waals surface area (Å²) in [6, 6.07) is -0.671. The van der Waals surface area contributed by atoms with Crippen LogP contribution >= 0.6 is 0 Å². The molecule has 0 bridgehead atoms. The fraction of sp³-hybridized carbons (Fsp3) is 0.700. The summed E-state index contributed by atoms with van der Waals surface area (Å²) in [5.74, 6) is -0.867. The largest absolute Gasteiger partial charge is 0.344 e. The van der Waals surface area contributed by atoms with E-state index >= 15 is 0 Å². The second-order valence-electron chi connectivity index (χ2n) is 4.20. The van der Waals surface area contributed by atoms with Crippen LogP contribution in [0.1, 0.15) is 19.3 Å². The summed E-state index contributed by atoms with van der Waals surface area (Å²) in [6.45, 7) is 1.65. The molecule has 0 aromatic carbocycles. The average Bonchev–Trinajstić information content (AvgIpc) is 2.59. The first-order valence-corrected chi connectivity index (χ1v) is 5.51. The summed E-state index contributed by atoms with van der Waals surface area (Å²) < 4.78 is 0. The zero-order chi connectivity index (χ0) is 11.5. The Balaban J connectivity index is 1.86. The van der Waals surface area contributed by atoms with Crippen molar-refractivity contribution in [3.05, 3.63) is 0 Å². The van der Waals surface area contributed by atoms with Crippen LogP contribution in [-0.2, 0) is 14.4 Å². The third-order valence-corrected chi connectivity index (χ3v) is 3.00. The molecule has 6 heteroatoms. The molecule has 2 saturated heterocycles. The monoisotopic (exact) mass is 225 g/mol. The van der Waals surface area contributed by atoms with E-state index in [9.17, 15) is 14.4 Å². The molecule has 0 aromatic rings. The van der Waals surface area contributed by atoms with Crippen molar-refractivity contribution in [3.8, 4) is 0 Å². The number of carbonyl (C=O) groups is 3. The Morgan fingerprint density at radius 3 is 2.50 bits per heavy atom. The van der Waals surface area contributed by atoms with Crippen LogP contribution in [0, 0.1) is 5.92 Å². The summed E-state index contributed by atoms with van der Waals surface area (Å²) in [4.78, 5) is 33.9. The molecule has 2 rings (SSSR count). The predicted molar refractivity (Wildman–Crippen MR) is 55.3 cm³/mol. The summed E-state index contributed by atoms with van der Waals surface area (Å²) in [5.41, 5.74) is 0. The topological polar surface area (TPSA) is 87.3 Å². The van der Waals surface area contributed by atoms with Crippen molar-refractivity contribution in [1.29, 1.82) is 0 Å². The molecule has 2 heterocycles. The van der Waals surface area contributed by atoms with Crippen LogP contribution in [-0.4, -0.2) is 36.9 Å². The quantitative estimate of drug-likeness (QED) is 0.500. The molecular formula is C10H15N3O3. The molecule has 2 aliphatic rings. The van der Waals surface area contributed by atoms with Crippen molar-refractivity contribution in [3.63, 3.8) is 0 Å². The van der Waals surface area contributed by atoms with E-state index in [4.69, 9.17) is 0 Å². The van der Waals surface area contributed by atoms with E-state index in [2.05, 4.69) is 16.0 Å². The molecule has 1 atom stereocenters. The van der Waals surface area contributed by atoms with Crippen LogP contribution in [0.5, 0.6) is 0 Å². The highest BCUT2D eigenvalue weighted by molar-refractivity contribution is 6.06. The zero-order valence-electron chi connectivity index (χ0n) is 8.91. The Bertz CT molecular complexity index is 323. The van der Waals surface area contributed by atoms with Gasteiger partial charge in [0.25, 0.3) is 0 Å². The van der Waals surface area contributed by atoms with Gasteiger partial charge in [-0.2, -0.15) is 0 Å². The van der Waals surface area contributed by atoms with Crippen molar-refractivity contribution in [2.45, 2.75) is 25.3 Å². The fourth-order valence-corrected chi connectivity index (χ4v) is 2.04. The van der Waals surface area contributed by atoms with Crippen LogP contribution < -0.4 is 16.0 Å². The number of amides is 3. The SMILES string of the molecule is O=C1CC(NC(=O)C2CCNCC2)C(=O)N1. The zero-order valence-corrected chi connectivity index (χ0v) is 8.91. The molecule has 0 radical (unpaired) electrons. The molecule has 0 saturated carbocycles. The fourth-order valence-electron chi connectivity index (χ4n) is 2.04. The lowest BCUT2D eigenvalue weighted by Gasteiger charge is -2.22. The summed E-state index contributed by atoms with van der Waals surface area (Å²) in [5, 5.41) is 7.97. The second-order valence-corrected chi connectivity index (χ2v) is 4.20. The summed E-state index contributed by atoms with van der Waals surface area (Å²) in [6.07, 6.45) is 1.64. The molecule has 3 amide bonds. The molecule has 1 unspecified atom stereocenters. The van der Waals surface area contributed by atoms with Crippen molar-refractivity contribution >= 4 is 17.7 Å². The van der Waals surface area contributed by atoms with Gasteiger partial charge in [-0.15, -0.1) is 0 Å². The lowest BCUT2D eigenvalue weighted by molar-refractivity contribution is -0.130. The Hall–Kier alpha value is -1.43. The maximum absolute atomic E-state index is 11.8. The van der Waals surface area contributed by atoms with E-state index in [0.717, 1.165) is 25.9 Å². The van der Waals surface area contributed by atoms with Crippen molar-refractivity contribution in [1.82, 2.24) is 16.0 Å². The number of rotatable bonds is 2. The van der Waals surface area contributed by atoms with E-state index in [1.54, 1.807) is 0 Å². The maximum Gasteiger partial charge on any atom is 0.249 e. The first kappa shape index (κ1) is 11.1. The Morgan fingerprint density at radius 1 is 1.25 bits per heavy atom. The van der Waals surface area contributed by atoms with Crippen molar-refractivity contribution < 1.29 is 14.4 Å². The molecule has 0 aromatic heterocycles. The molecule has 2 fully saturated rings. The minimum atomic E-state index is -0.671. The van der Waals surface area contributed by atoms with Gasteiger partial charge in [-0.1, -0.05) is 0 Å². The van der Waals surface area contributed by atoms with E-state index in [1.807, 2.05) is 0 Å². The van der Waals surface area contributed by atoms with E-state index < -0.39 is 11.9 Å². The van der Waals surface area contributed by atoms with E-state index in [-0.39, 0.29) is 24.2 Å². The normalized spacial score (nSPS) is 26.6. The third-order valence-electron chi connectivity index (χ3n) is 3.00. The number of hydrogen-bond acceptors (Lipinski definition) is 4. The summed E-state index contributed by atoms with van der Waals surface area (Å²) >= 11 is 0. The van der Waals surface area contributed by atoms with Gasteiger partial charge in [-0.05, 0) is 25.9 Å². The molecule has 2 aliphatic heterocycles. The smallest absolute Gasteiger partial charge is 0.249 e. The molecule has 16 heavy (non-hydrogen) atoms. The first-order chi connectivity index (χ1) is 7.66. The highest BCUT2D eigenvalue weighted by atomic mass is 16.2. The number of nitrogens with one attached hydrogen (secondary N) is 3. The minimum absolute atomic E-state index is 0.0373. The number of hydrogen-bond donors (Lipinski definition) is 3. The van der Waals surface area contributed by atoms with Gasteiger partial charge in [-0.25, -0.2) is 0 Å². The Morgan fingerprint density at radius 2 is 1.94 bits per heavy atom. The molecule has 6 nitrogen and oxygen atoms in total. The molecular weight excluding hydrogens is 210 g/mol. The van der Waals surface area contributed by atoms with Gasteiger partial charge in [0.2, 0.25) is 17.7 Å². The van der Waals surface area contributed by atoms with Crippen LogP contribution in [0.25, 0.3) is 0 Å². The van der Waals surface area contributed by atoms with E-state index in [0.29, 0.717) is 0 Å². The van der Waals surface area contributed by atoms with Gasteiger partial charge >= 0.3 is 0 Å². The molecule has 3 N–H and O–H groups in total. The maximum atomic E-state index is 11.8. The first-order valence-electron chi connectivity index (χ1n) is 5.51. The van der Waals surface area contributed by atoms with Crippen molar-refractivity contribution in [2.24, 2.45) is 5.92 Å². The van der Waals surface area contributed by atoms with Gasteiger partial charge in [0.05, 0.1) is 6.42 Å². The molecule has 88 valence electrons. The predicted octanol–water partition coefficient (Wildman–Crippen LogP) is -1.48. The van der Waals surface area contributed by atoms with Gasteiger partial charge in [-0.3, -0.25) is 19.7 Å². The van der Waals surface area contributed by atoms with Gasteiger partial charge in [0, 0.05) is 5.92 Å². The van der Waals surface area contributed by atoms with Crippen LogP contribution in [0.2, 0.25) is 0 Å². The third kappa shape index (κ3) is 2.38. The lowest BCUT2D eigenvalue weighted by atomic mass is 9.97. The summed E-state index contributed by atoms with van der Waals surface area (Å²) in [7, 11) is 0. The number of piperidine rings is 1. The second kappa shape index (κ2) is 4.61. The lowest BCUT2D eigenvalue weighted by Crippen LogP contribution is -2.45. The van der Waals surface area contributed by atoms with Gasteiger partial charge in [0.1, 0.15) is 6.04 Å².